The minimum atomic E-state index is -0.769. The molecule has 34 heavy (non-hydrogen) atoms. The van der Waals surface area contributed by atoms with Gasteiger partial charge in [-0.1, -0.05) is 55.2 Å². The number of amides is 4. The van der Waals surface area contributed by atoms with Gasteiger partial charge in [0.15, 0.2) is 0 Å². The van der Waals surface area contributed by atoms with Crippen LogP contribution in [-0.2, 0) is 16.1 Å². The fraction of sp³-hybridized carbons (Fsp3) is 0.192. The van der Waals surface area contributed by atoms with E-state index < -0.39 is 17.8 Å². The van der Waals surface area contributed by atoms with Crippen LogP contribution < -0.4 is 10.2 Å². The Morgan fingerprint density at radius 2 is 1.74 bits per heavy atom. The summed E-state index contributed by atoms with van der Waals surface area (Å²) in [5.41, 5.74) is 2.93. The van der Waals surface area contributed by atoms with Crippen molar-refractivity contribution in [3.05, 3.63) is 93.2 Å². The highest BCUT2D eigenvalue weighted by Crippen LogP contribution is 2.26. The lowest BCUT2D eigenvalue weighted by Gasteiger charge is -2.26. The highest BCUT2D eigenvalue weighted by atomic mass is 35.5. The van der Waals surface area contributed by atoms with Crippen molar-refractivity contribution >= 4 is 52.8 Å². The number of urea groups is 1. The fourth-order valence-electron chi connectivity index (χ4n) is 3.76. The van der Waals surface area contributed by atoms with E-state index in [9.17, 15) is 14.4 Å². The third-order valence-corrected chi connectivity index (χ3v) is 6.67. The quantitative estimate of drug-likeness (QED) is 0.335. The van der Waals surface area contributed by atoms with Gasteiger partial charge < -0.3 is 4.57 Å². The van der Waals surface area contributed by atoms with Crippen LogP contribution in [0.15, 0.2) is 66.4 Å². The smallest absolute Gasteiger partial charge is 0.335 e. The maximum atomic E-state index is 13.2. The molecule has 1 N–H and O–H groups in total. The minimum absolute atomic E-state index is 0.125. The van der Waals surface area contributed by atoms with E-state index in [2.05, 4.69) is 19.2 Å². The van der Waals surface area contributed by atoms with Crippen LogP contribution >= 0.6 is 23.2 Å². The number of carbonyl (C=O) groups is 3. The van der Waals surface area contributed by atoms with Crippen molar-refractivity contribution in [2.75, 3.05) is 4.90 Å². The van der Waals surface area contributed by atoms with Gasteiger partial charge in [-0.25, -0.2) is 9.69 Å². The minimum Gasteiger partial charge on any atom is -0.344 e. The number of hydrogen-bond donors (Lipinski definition) is 1. The Bertz CT molecular complexity index is 1290. The van der Waals surface area contributed by atoms with Gasteiger partial charge in [0.1, 0.15) is 5.57 Å². The van der Waals surface area contributed by atoms with Crippen LogP contribution in [0.3, 0.4) is 0 Å². The molecule has 1 atom stereocenters. The zero-order valence-corrected chi connectivity index (χ0v) is 20.2. The van der Waals surface area contributed by atoms with E-state index in [4.69, 9.17) is 23.2 Å². The summed E-state index contributed by atoms with van der Waals surface area (Å²) >= 11 is 12.1. The Kier molecular flexibility index (Phi) is 6.91. The summed E-state index contributed by atoms with van der Waals surface area (Å²) in [7, 11) is 0. The molecule has 0 spiro atoms. The molecular formula is C26H23Cl2N3O3. The van der Waals surface area contributed by atoms with Crippen molar-refractivity contribution in [3.8, 4) is 0 Å². The van der Waals surface area contributed by atoms with E-state index in [-0.39, 0.29) is 5.57 Å². The zero-order valence-electron chi connectivity index (χ0n) is 18.7. The standard InChI is InChI=1S/C26H23Cl2N3O3/c1-3-16(2)18-7-9-19(10-8-18)31-25(33)21(24(32)29-26(31)34)14-20-5-4-12-30(20)15-17-6-11-22(27)23(28)13-17/h4-14,16H,3,15H2,1-2H3,(H,29,32,34)/b21-14+/t16-/m0/s1. The number of nitrogens with zero attached hydrogens (tertiary/aromatic N) is 2. The molecule has 0 saturated carbocycles. The van der Waals surface area contributed by atoms with Crippen molar-refractivity contribution in [1.82, 2.24) is 9.88 Å². The van der Waals surface area contributed by atoms with Gasteiger partial charge in [-0.3, -0.25) is 14.9 Å². The van der Waals surface area contributed by atoms with E-state index in [1.54, 1.807) is 30.3 Å². The molecule has 174 valence electrons. The van der Waals surface area contributed by atoms with Gasteiger partial charge in [0.25, 0.3) is 11.8 Å². The molecule has 1 aromatic heterocycles. The first kappa shape index (κ1) is 23.8. The average Bonchev–Trinajstić information content (AvgIpc) is 3.25. The first-order valence-corrected chi connectivity index (χ1v) is 11.6. The molecule has 0 radical (unpaired) electrons. The topological polar surface area (TPSA) is 71.4 Å². The van der Waals surface area contributed by atoms with Crippen LogP contribution in [0.2, 0.25) is 10.0 Å². The molecule has 0 aliphatic carbocycles. The highest BCUT2D eigenvalue weighted by Gasteiger charge is 2.37. The van der Waals surface area contributed by atoms with E-state index >= 15 is 0 Å². The summed E-state index contributed by atoms with van der Waals surface area (Å²) in [6, 6.07) is 15.4. The average molecular weight is 496 g/mol. The molecule has 8 heteroatoms. The highest BCUT2D eigenvalue weighted by molar-refractivity contribution is 6.42. The van der Waals surface area contributed by atoms with Crippen LogP contribution in [-0.4, -0.2) is 22.4 Å². The number of imide groups is 2. The van der Waals surface area contributed by atoms with Crippen LogP contribution in [0.4, 0.5) is 10.5 Å². The van der Waals surface area contributed by atoms with Crippen LogP contribution in [0.25, 0.3) is 6.08 Å². The summed E-state index contributed by atoms with van der Waals surface area (Å²) in [6.45, 7) is 4.67. The van der Waals surface area contributed by atoms with Crippen LogP contribution in [0, 0.1) is 0 Å². The fourth-order valence-corrected chi connectivity index (χ4v) is 4.09. The summed E-state index contributed by atoms with van der Waals surface area (Å²) in [4.78, 5) is 39.3. The van der Waals surface area contributed by atoms with Crippen molar-refractivity contribution in [2.24, 2.45) is 0 Å². The predicted octanol–water partition coefficient (Wildman–Crippen LogP) is 6.02. The molecule has 2 heterocycles. The largest absolute Gasteiger partial charge is 0.344 e. The number of carbonyl (C=O) groups excluding carboxylic acids is 3. The van der Waals surface area contributed by atoms with Gasteiger partial charge in [0.05, 0.1) is 15.7 Å². The summed E-state index contributed by atoms with van der Waals surface area (Å²) in [6.07, 6.45) is 4.30. The van der Waals surface area contributed by atoms with Crippen LogP contribution in [0.1, 0.15) is 43.0 Å². The number of rotatable bonds is 6. The second-order valence-electron chi connectivity index (χ2n) is 8.17. The number of nitrogens with one attached hydrogen (secondary N) is 1. The monoisotopic (exact) mass is 495 g/mol. The van der Waals surface area contributed by atoms with E-state index in [1.165, 1.54) is 6.08 Å². The van der Waals surface area contributed by atoms with Crippen LogP contribution in [0.5, 0.6) is 0 Å². The Hall–Kier alpha value is -3.35. The van der Waals surface area contributed by atoms with Gasteiger partial charge in [-0.05, 0) is 65.9 Å². The molecule has 1 saturated heterocycles. The number of halogens is 2. The van der Waals surface area contributed by atoms with Gasteiger partial charge in [-0.2, -0.15) is 0 Å². The first-order valence-electron chi connectivity index (χ1n) is 10.9. The van der Waals surface area contributed by atoms with Gasteiger partial charge in [-0.15, -0.1) is 0 Å². The molecule has 3 aromatic rings. The maximum absolute atomic E-state index is 13.2. The van der Waals surface area contributed by atoms with Crippen molar-refractivity contribution in [3.63, 3.8) is 0 Å². The molecule has 1 fully saturated rings. The molecule has 6 nitrogen and oxygen atoms in total. The zero-order chi connectivity index (χ0) is 24.4. The molecule has 4 rings (SSSR count). The normalized spacial score (nSPS) is 16.2. The Labute approximate surface area is 207 Å². The number of anilines is 1. The summed E-state index contributed by atoms with van der Waals surface area (Å²) in [5, 5.41) is 3.18. The lowest BCUT2D eigenvalue weighted by Crippen LogP contribution is -2.54. The lowest BCUT2D eigenvalue weighted by atomic mass is 9.98. The molecule has 1 aliphatic heterocycles. The third-order valence-electron chi connectivity index (χ3n) is 5.93. The summed E-state index contributed by atoms with van der Waals surface area (Å²) in [5.74, 6) is -1.04. The molecule has 1 aliphatic rings. The van der Waals surface area contributed by atoms with Crippen molar-refractivity contribution < 1.29 is 14.4 Å². The SMILES string of the molecule is CC[C@H](C)c1ccc(N2C(=O)NC(=O)/C(=C\c3cccn3Cc3ccc(Cl)c(Cl)c3)C2=O)cc1. The number of hydrogen-bond acceptors (Lipinski definition) is 3. The number of aromatic nitrogens is 1. The lowest BCUT2D eigenvalue weighted by molar-refractivity contribution is -0.122. The van der Waals surface area contributed by atoms with Gasteiger partial charge >= 0.3 is 6.03 Å². The van der Waals surface area contributed by atoms with Gasteiger partial charge in [0.2, 0.25) is 0 Å². The Morgan fingerprint density at radius 1 is 1.00 bits per heavy atom. The molecule has 0 bridgehead atoms. The number of benzene rings is 2. The first-order chi connectivity index (χ1) is 16.3. The van der Waals surface area contributed by atoms with E-state index in [0.717, 1.165) is 22.4 Å². The van der Waals surface area contributed by atoms with Crippen molar-refractivity contribution in [2.45, 2.75) is 32.7 Å². The second-order valence-corrected chi connectivity index (χ2v) is 8.98. The third kappa shape index (κ3) is 4.79. The van der Waals surface area contributed by atoms with Gasteiger partial charge in [0, 0.05) is 18.4 Å². The Morgan fingerprint density at radius 3 is 2.41 bits per heavy atom. The maximum Gasteiger partial charge on any atom is 0.335 e. The van der Waals surface area contributed by atoms with Crippen molar-refractivity contribution in [1.29, 1.82) is 0 Å². The Balaban J connectivity index is 1.63. The predicted molar refractivity (Wildman–Crippen MR) is 134 cm³/mol. The molecule has 0 unspecified atom stereocenters. The number of barbiturate groups is 1. The summed E-state index contributed by atoms with van der Waals surface area (Å²) < 4.78 is 1.87. The van der Waals surface area contributed by atoms with E-state index in [1.807, 2.05) is 35.0 Å². The van der Waals surface area contributed by atoms with E-state index in [0.29, 0.717) is 33.9 Å². The second kappa shape index (κ2) is 9.87. The molecule has 2 aromatic carbocycles. The molecular weight excluding hydrogens is 473 g/mol. The molecule has 4 amide bonds.